The van der Waals surface area contributed by atoms with Crippen LogP contribution in [0.3, 0.4) is 0 Å². The highest BCUT2D eigenvalue weighted by Crippen LogP contribution is 2.28. The number of sulfonamides is 1. The number of ether oxygens (including phenoxy) is 1. The maximum atomic E-state index is 12.9. The van der Waals surface area contributed by atoms with Gasteiger partial charge >= 0.3 is 0 Å². The van der Waals surface area contributed by atoms with Gasteiger partial charge in [-0.15, -0.1) is 0 Å². The SMILES string of the molecule is CCc1ccc(OC)c(S(=O)(=O)N2CCN(CCO)CC2)c1. The molecule has 1 N–H and O–H groups in total. The highest BCUT2D eigenvalue weighted by molar-refractivity contribution is 7.89. The fourth-order valence-electron chi connectivity index (χ4n) is 2.62. The van der Waals surface area contributed by atoms with Crippen molar-refractivity contribution in [3.8, 4) is 5.75 Å². The van der Waals surface area contributed by atoms with E-state index in [1.165, 1.54) is 11.4 Å². The van der Waals surface area contributed by atoms with Crippen molar-refractivity contribution in [1.82, 2.24) is 9.21 Å². The number of benzene rings is 1. The fraction of sp³-hybridized carbons (Fsp3) is 0.600. The standard InChI is InChI=1S/C15H24N2O4S/c1-3-13-4-5-14(21-2)15(12-13)22(19,20)17-8-6-16(7-9-17)10-11-18/h4-5,12,18H,3,6-11H2,1-2H3. The van der Waals surface area contributed by atoms with Crippen molar-refractivity contribution in [2.45, 2.75) is 18.2 Å². The summed E-state index contributed by atoms with van der Waals surface area (Å²) < 4.78 is 32.5. The third-order valence-electron chi connectivity index (χ3n) is 4.00. The van der Waals surface area contributed by atoms with E-state index in [2.05, 4.69) is 4.90 Å². The summed E-state index contributed by atoms with van der Waals surface area (Å²) in [6.45, 7) is 4.81. The first-order valence-corrected chi connectivity index (χ1v) is 8.97. The quantitative estimate of drug-likeness (QED) is 0.826. The summed E-state index contributed by atoms with van der Waals surface area (Å²) in [6.07, 6.45) is 0.775. The minimum atomic E-state index is -3.56. The molecule has 2 rings (SSSR count). The number of aryl methyl sites for hydroxylation is 1. The molecule has 0 radical (unpaired) electrons. The molecule has 1 heterocycles. The van der Waals surface area contributed by atoms with Crippen molar-refractivity contribution in [3.63, 3.8) is 0 Å². The lowest BCUT2D eigenvalue weighted by atomic mass is 10.2. The van der Waals surface area contributed by atoms with Crippen LogP contribution in [-0.4, -0.2) is 69.2 Å². The van der Waals surface area contributed by atoms with Crippen LogP contribution in [0, 0.1) is 0 Å². The van der Waals surface area contributed by atoms with E-state index in [4.69, 9.17) is 9.84 Å². The number of rotatable bonds is 6. The molecule has 124 valence electrons. The first-order chi connectivity index (χ1) is 10.5. The highest BCUT2D eigenvalue weighted by Gasteiger charge is 2.30. The third-order valence-corrected chi connectivity index (χ3v) is 5.92. The molecule has 1 aromatic rings. The Morgan fingerprint density at radius 3 is 2.45 bits per heavy atom. The molecule has 1 aliphatic rings. The molecule has 7 heteroatoms. The molecular formula is C15H24N2O4S. The van der Waals surface area contributed by atoms with E-state index in [1.54, 1.807) is 12.1 Å². The number of β-amino-alcohol motifs (C(OH)–C–C–N with tert-alkyl or cyclic N) is 1. The van der Waals surface area contributed by atoms with Crippen molar-refractivity contribution in [2.75, 3.05) is 46.4 Å². The molecule has 1 aliphatic heterocycles. The van der Waals surface area contributed by atoms with E-state index in [9.17, 15) is 8.42 Å². The molecule has 0 bridgehead atoms. The zero-order valence-corrected chi connectivity index (χ0v) is 14.0. The summed E-state index contributed by atoms with van der Waals surface area (Å²) in [5.41, 5.74) is 0.971. The van der Waals surface area contributed by atoms with Crippen LogP contribution in [0.5, 0.6) is 5.75 Å². The van der Waals surface area contributed by atoms with Crippen LogP contribution >= 0.6 is 0 Å². The van der Waals surface area contributed by atoms with E-state index < -0.39 is 10.0 Å². The van der Waals surface area contributed by atoms with E-state index in [0.29, 0.717) is 38.5 Å². The molecule has 6 nitrogen and oxygen atoms in total. The number of methoxy groups -OCH3 is 1. The van der Waals surface area contributed by atoms with Gasteiger partial charge in [0.15, 0.2) is 0 Å². The molecule has 1 fully saturated rings. The van der Waals surface area contributed by atoms with Crippen LogP contribution in [0.2, 0.25) is 0 Å². The molecule has 0 saturated carbocycles. The summed E-state index contributed by atoms with van der Waals surface area (Å²) >= 11 is 0. The minimum absolute atomic E-state index is 0.0963. The predicted molar refractivity (Wildman–Crippen MR) is 84.7 cm³/mol. The lowest BCUT2D eigenvalue weighted by Gasteiger charge is -2.33. The average molecular weight is 328 g/mol. The Labute approximate surface area is 132 Å². The van der Waals surface area contributed by atoms with Gasteiger partial charge in [0.2, 0.25) is 10.0 Å². The summed E-state index contributed by atoms with van der Waals surface area (Å²) in [5.74, 6) is 0.384. The number of hydrogen-bond acceptors (Lipinski definition) is 5. The molecule has 0 amide bonds. The Morgan fingerprint density at radius 2 is 1.91 bits per heavy atom. The van der Waals surface area contributed by atoms with Crippen molar-refractivity contribution in [3.05, 3.63) is 23.8 Å². The largest absolute Gasteiger partial charge is 0.495 e. The highest BCUT2D eigenvalue weighted by atomic mass is 32.2. The molecule has 0 aromatic heterocycles. The van der Waals surface area contributed by atoms with Gasteiger partial charge in [0.25, 0.3) is 0 Å². The number of aliphatic hydroxyl groups is 1. The second-order valence-electron chi connectivity index (χ2n) is 5.31. The van der Waals surface area contributed by atoms with Crippen LogP contribution in [-0.2, 0) is 16.4 Å². The van der Waals surface area contributed by atoms with Gasteiger partial charge in [-0.3, -0.25) is 4.90 Å². The Balaban J connectivity index is 2.24. The van der Waals surface area contributed by atoms with Gasteiger partial charge in [-0.2, -0.15) is 4.31 Å². The number of nitrogens with zero attached hydrogens (tertiary/aromatic N) is 2. The molecular weight excluding hydrogens is 304 g/mol. The Bertz CT molecular complexity index is 596. The molecule has 0 spiro atoms. The average Bonchev–Trinajstić information content (AvgIpc) is 2.55. The lowest BCUT2D eigenvalue weighted by Crippen LogP contribution is -2.49. The molecule has 1 saturated heterocycles. The number of aliphatic hydroxyl groups excluding tert-OH is 1. The second kappa shape index (κ2) is 7.41. The monoisotopic (exact) mass is 328 g/mol. The molecule has 0 unspecified atom stereocenters. The zero-order valence-electron chi connectivity index (χ0n) is 13.2. The normalized spacial score (nSPS) is 17.6. The summed E-state index contributed by atoms with van der Waals surface area (Å²) in [7, 11) is -2.07. The van der Waals surface area contributed by atoms with E-state index in [0.717, 1.165) is 12.0 Å². The van der Waals surface area contributed by atoms with Crippen LogP contribution in [0.15, 0.2) is 23.1 Å². The Hall–Kier alpha value is -1.15. The van der Waals surface area contributed by atoms with E-state index >= 15 is 0 Å². The number of piperazine rings is 1. The van der Waals surface area contributed by atoms with Gasteiger partial charge in [0, 0.05) is 32.7 Å². The maximum absolute atomic E-state index is 12.9. The Kier molecular flexibility index (Phi) is 5.80. The Morgan fingerprint density at radius 1 is 1.23 bits per heavy atom. The molecule has 22 heavy (non-hydrogen) atoms. The first-order valence-electron chi connectivity index (χ1n) is 7.53. The number of hydrogen-bond donors (Lipinski definition) is 1. The van der Waals surface area contributed by atoms with Gasteiger partial charge in [0.1, 0.15) is 10.6 Å². The maximum Gasteiger partial charge on any atom is 0.246 e. The lowest BCUT2D eigenvalue weighted by molar-refractivity contribution is 0.151. The van der Waals surface area contributed by atoms with Crippen molar-refractivity contribution in [1.29, 1.82) is 0 Å². The predicted octanol–water partition coefficient (Wildman–Crippen LogP) is 0.556. The fourth-order valence-corrected chi connectivity index (χ4v) is 4.24. The zero-order chi connectivity index (χ0) is 16.2. The molecule has 0 aliphatic carbocycles. The van der Waals surface area contributed by atoms with Crippen molar-refractivity contribution >= 4 is 10.0 Å². The van der Waals surface area contributed by atoms with Gasteiger partial charge in [0.05, 0.1) is 13.7 Å². The first kappa shape index (κ1) is 17.2. The van der Waals surface area contributed by atoms with Crippen LogP contribution < -0.4 is 4.74 Å². The molecule has 1 aromatic carbocycles. The molecule has 0 atom stereocenters. The second-order valence-corrected chi connectivity index (χ2v) is 7.21. The topological polar surface area (TPSA) is 70.1 Å². The minimum Gasteiger partial charge on any atom is -0.495 e. The van der Waals surface area contributed by atoms with Crippen LogP contribution in [0.25, 0.3) is 0 Å². The van der Waals surface area contributed by atoms with Gasteiger partial charge in [-0.25, -0.2) is 8.42 Å². The van der Waals surface area contributed by atoms with Gasteiger partial charge in [-0.05, 0) is 24.1 Å². The van der Waals surface area contributed by atoms with Crippen LogP contribution in [0.4, 0.5) is 0 Å². The van der Waals surface area contributed by atoms with E-state index in [-0.39, 0.29) is 11.5 Å². The summed E-state index contributed by atoms with van der Waals surface area (Å²) in [4.78, 5) is 2.30. The third kappa shape index (κ3) is 3.60. The summed E-state index contributed by atoms with van der Waals surface area (Å²) in [6, 6.07) is 5.30. The van der Waals surface area contributed by atoms with Gasteiger partial charge in [-0.1, -0.05) is 13.0 Å². The van der Waals surface area contributed by atoms with Crippen molar-refractivity contribution in [2.24, 2.45) is 0 Å². The van der Waals surface area contributed by atoms with Gasteiger partial charge < -0.3 is 9.84 Å². The van der Waals surface area contributed by atoms with Crippen molar-refractivity contribution < 1.29 is 18.3 Å². The smallest absolute Gasteiger partial charge is 0.246 e. The van der Waals surface area contributed by atoms with Crippen LogP contribution in [0.1, 0.15) is 12.5 Å². The van der Waals surface area contributed by atoms with E-state index in [1.807, 2.05) is 13.0 Å². The summed E-state index contributed by atoms with van der Waals surface area (Å²) in [5, 5.41) is 8.96.